The third-order valence-electron chi connectivity index (χ3n) is 4.53. The smallest absolute Gasteiger partial charge is 0.270 e. The van der Waals surface area contributed by atoms with Crippen LogP contribution in [-0.4, -0.2) is 53.2 Å². The van der Waals surface area contributed by atoms with Crippen molar-refractivity contribution in [2.45, 2.75) is 19.4 Å². The number of likely N-dealkylation sites (N-methyl/N-ethyl adjacent to an activating group) is 1. The molecule has 0 aliphatic carbocycles. The fourth-order valence-corrected chi connectivity index (χ4v) is 3.34. The molecular formula is C19H21ClFN3O2. The summed E-state index contributed by atoms with van der Waals surface area (Å²) in [5.74, 6) is -0.610. The summed E-state index contributed by atoms with van der Waals surface area (Å²) in [5.41, 5.74) is 1.23. The van der Waals surface area contributed by atoms with Gasteiger partial charge in [-0.1, -0.05) is 17.7 Å². The number of halogens is 2. The Balaban J connectivity index is 1.62. The van der Waals surface area contributed by atoms with Gasteiger partial charge in [-0.15, -0.1) is 0 Å². The first-order valence-corrected chi connectivity index (χ1v) is 8.96. The molecule has 1 aromatic carbocycles. The second kappa shape index (κ2) is 8.01. The summed E-state index contributed by atoms with van der Waals surface area (Å²) in [5, 5.41) is 0.337. The van der Waals surface area contributed by atoms with Gasteiger partial charge in [0.1, 0.15) is 11.5 Å². The summed E-state index contributed by atoms with van der Waals surface area (Å²) in [4.78, 5) is 31.2. The molecule has 0 saturated carbocycles. The number of rotatable bonds is 6. The van der Waals surface area contributed by atoms with E-state index in [0.29, 0.717) is 21.8 Å². The molecule has 0 spiro atoms. The number of carbonyl (C=O) groups excluding carboxylic acids is 2. The van der Waals surface area contributed by atoms with E-state index >= 15 is 0 Å². The first kappa shape index (κ1) is 18.6. The molecular weight excluding hydrogens is 357 g/mol. The van der Waals surface area contributed by atoms with Crippen LogP contribution in [0.2, 0.25) is 5.02 Å². The van der Waals surface area contributed by atoms with Crippen LogP contribution < -0.4 is 0 Å². The zero-order valence-electron chi connectivity index (χ0n) is 14.6. The number of ketones is 1. The maximum Gasteiger partial charge on any atom is 0.270 e. The lowest BCUT2D eigenvalue weighted by atomic mass is 10.1. The maximum absolute atomic E-state index is 13.9. The first-order valence-electron chi connectivity index (χ1n) is 8.58. The van der Waals surface area contributed by atoms with E-state index in [0.717, 1.165) is 25.9 Å². The minimum Gasteiger partial charge on any atom is -0.356 e. The number of benzene rings is 1. The van der Waals surface area contributed by atoms with Crippen molar-refractivity contribution >= 4 is 23.3 Å². The Morgan fingerprint density at radius 1 is 1.31 bits per heavy atom. The molecule has 1 amide bonds. The topological polar surface area (TPSA) is 56.4 Å². The second-order valence-electron chi connectivity index (χ2n) is 6.60. The highest BCUT2D eigenvalue weighted by Gasteiger charge is 2.22. The van der Waals surface area contributed by atoms with Crippen LogP contribution in [0.3, 0.4) is 0 Å². The predicted octanol–water partition coefficient (Wildman–Crippen LogP) is 3.36. The number of nitrogens with one attached hydrogen (secondary N) is 1. The Morgan fingerprint density at radius 3 is 2.73 bits per heavy atom. The van der Waals surface area contributed by atoms with Gasteiger partial charge in [-0.2, -0.15) is 0 Å². The van der Waals surface area contributed by atoms with E-state index in [-0.39, 0.29) is 24.8 Å². The number of likely N-dealkylation sites (tertiary alicyclic amines) is 1. The SMILES string of the molecule is CN(CC(=O)c1c[nH]c(C(=O)N2CCCC2)c1)Cc1c(F)cccc1Cl. The molecule has 138 valence electrons. The van der Waals surface area contributed by atoms with Crippen molar-refractivity contribution in [3.8, 4) is 0 Å². The van der Waals surface area contributed by atoms with Crippen molar-refractivity contribution < 1.29 is 14.0 Å². The van der Waals surface area contributed by atoms with Crippen molar-refractivity contribution in [2.75, 3.05) is 26.7 Å². The van der Waals surface area contributed by atoms with Crippen molar-refractivity contribution in [1.29, 1.82) is 0 Å². The third kappa shape index (κ3) is 4.14. The Morgan fingerprint density at radius 2 is 2.04 bits per heavy atom. The standard InChI is InChI=1S/C19H21ClFN3O2/c1-23(11-14-15(20)5-4-6-16(14)21)12-18(25)13-9-17(22-10-13)19(26)24-7-2-3-8-24/h4-6,9-10,22H,2-3,7-8,11-12H2,1H3. The highest BCUT2D eigenvalue weighted by Crippen LogP contribution is 2.20. The van der Waals surface area contributed by atoms with Crippen LogP contribution in [0.25, 0.3) is 0 Å². The highest BCUT2D eigenvalue weighted by molar-refractivity contribution is 6.31. The Kier molecular flexibility index (Phi) is 5.74. The number of H-pyrrole nitrogens is 1. The predicted molar refractivity (Wildman–Crippen MR) is 98.0 cm³/mol. The van der Waals surface area contributed by atoms with E-state index < -0.39 is 5.82 Å². The van der Waals surface area contributed by atoms with Gasteiger partial charge < -0.3 is 9.88 Å². The fraction of sp³-hybridized carbons (Fsp3) is 0.368. The third-order valence-corrected chi connectivity index (χ3v) is 4.89. The number of nitrogens with zero attached hydrogens (tertiary/aromatic N) is 2. The second-order valence-corrected chi connectivity index (χ2v) is 7.00. The van der Waals surface area contributed by atoms with Gasteiger partial charge in [-0.3, -0.25) is 14.5 Å². The van der Waals surface area contributed by atoms with Crippen LogP contribution in [0.5, 0.6) is 0 Å². The summed E-state index contributed by atoms with van der Waals surface area (Å²) in [6.45, 7) is 1.83. The van der Waals surface area contributed by atoms with Gasteiger partial charge in [-0.25, -0.2) is 4.39 Å². The lowest BCUT2D eigenvalue weighted by Gasteiger charge is -2.17. The van der Waals surface area contributed by atoms with E-state index in [1.165, 1.54) is 6.07 Å². The van der Waals surface area contributed by atoms with E-state index in [1.54, 1.807) is 41.2 Å². The molecule has 2 aromatic rings. The summed E-state index contributed by atoms with van der Waals surface area (Å²) in [7, 11) is 1.73. The lowest BCUT2D eigenvalue weighted by molar-refractivity contribution is 0.0787. The fourth-order valence-electron chi connectivity index (χ4n) is 3.12. The van der Waals surface area contributed by atoms with E-state index in [9.17, 15) is 14.0 Å². The number of hydrogen-bond donors (Lipinski definition) is 1. The molecule has 0 radical (unpaired) electrons. The monoisotopic (exact) mass is 377 g/mol. The summed E-state index contributed by atoms with van der Waals surface area (Å²) < 4.78 is 13.9. The van der Waals surface area contributed by atoms with Crippen LogP contribution in [0.1, 0.15) is 39.3 Å². The Hall–Kier alpha value is -2.18. The van der Waals surface area contributed by atoms with Gasteiger partial charge in [0.2, 0.25) is 0 Å². The molecule has 2 heterocycles. The largest absolute Gasteiger partial charge is 0.356 e. The molecule has 1 saturated heterocycles. The molecule has 1 aliphatic heterocycles. The molecule has 0 atom stereocenters. The summed E-state index contributed by atoms with van der Waals surface area (Å²) in [6.07, 6.45) is 3.58. The number of amides is 1. The molecule has 3 rings (SSSR count). The van der Waals surface area contributed by atoms with E-state index in [4.69, 9.17) is 11.6 Å². The van der Waals surface area contributed by atoms with Crippen LogP contribution in [0.15, 0.2) is 30.5 Å². The van der Waals surface area contributed by atoms with Gasteiger partial charge in [0.25, 0.3) is 5.91 Å². The molecule has 1 fully saturated rings. The minimum atomic E-state index is -0.392. The van der Waals surface area contributed by atoms with Crippen LogP contribution in [-0.2, 0) is 6.54 Å². The summed E-state index contributed by atoms with van der Waals surface area (Å²) in [6, 6.07) is 6.11. The molecule has 0 bridgehead atoms. The van der Waals surface area contributed by atoms with Crippen LogP contribution >= 0.6 is 11.6 Å². The van der Waals surface area contributed by atoms with E-state index in [1.807, 2.05) is 0 Å². The minimum absolute atomic E-state index is 0.0759. The number of Topliss-reactive ketones (excluding diaryl/α,β-unsaturated/α-hetero) is 1. The lowest BCUT2D eigenvalue weighted by Crippen LogP contribution is -2.28. The van der Waals surface area contributed by atoms with Gasteiger partial charge in [0, 0.05) is 42.0 Å². The number of hydrogen-bond acceptors (Lipinski definition) is 3. The Bertz CT molecular complexity index is 795. The maximum atomic E-state index is 13.9. The zero-order valence-corrected chi connectivity index (χ0v) is 15.4. The van der Waals surface area contributed by atoms with Crippen LogP contribution in [0, 0.1) is 5.82 Å². The van der Waals surface area contributed by atoms with Gasteiger partial charge in [-0.05, 0) is 38.1 Å². The highest BCUT2D eigenvalue weighted by atomic mass is 35.5. The van der Waals surface area contributed by atoms with Crippen molar-refractivity contribution in [3.05, 3.63) is 58.1 Å². The number of aromatic nitrogens is 1. The average Bonchev–Trinajstić information content (AvgIpc) is 3.29. The quantitative estimate of drug-likeness (QED) is 0.785. The van der Waals surface area contributed by atoms with Crippen molar-refractivity contribution in [2.24, 2.45) is 0 Å². The normalized spacial score (nSPS) is 14.2. The van der Waals surface area contributed by atoms with Crippen molar-refractivity contribution in [1.82, 2.24) is 14.8 Å². The van der Waals surface area contributed by atoms with Gasteiger partial charge in [0.15, 0.2) is 5.78 Å². The van der Waals surface area contributed by atoms with Crippen molar-refractivity contribution in [3.63, 3.8) is 0 Å². The van der Waals surface area contributed by atoms with Gasteiger partial charge in [0.05, 0.1) is 6.54 Å². The molecule has 7 heteroatoms. The Labute approximate surface area is 156 Å². The molecule has 1 aliphatic rings. The molecule has 5 nitrogen and oxygen atoms in total. The van der Waals surface area contributed by atoms with Gasteiger partial charge >= 0.3 is 0 Å². The van der Waals surface area contributed by atoms with Crippen LogP contribution in [0.4, 0.5) is 4.39 Å². The zero-order chi connectivity index (χ0) is 18.7. The summed E-state index contributed by atoms with van der Waals surface area (Å²) >= 11 is 6.03. The average molecular weight is 378 g/mol. The first-order chi connectivity index (χ1) is 12.5. The van der Waals surface area contributed by atoms with E-state index in [2.05, 4.69) is 4.98 Å². The number of carbonyl (C=O) groups is 2. The molecule has 0 unspecified atom stereocenters. The molecule has 26 heavy (non-hydrogen) atoms. The molecule has 1 aromatic heterocycles. The number of aromatic amines is 1. The molecule has 1 N–H and O–H groups in total.